The minimum Gasteiger partial charge on any atom is -0.394 e. The van der Waals surface area contributed by atoms with Crippen molar-refractivity contribution in [3.05, 3.63) is 0 Å². The second-order valence-electron chi connectivity index (χ2n) is 12.2. The Labute approximate surface area is 269 Å². The molecule has 47 heavy (non-hydrogen) atoms. The van der Waals surface area contributed by atoms with Gasteiger partial charge < -0.3 is 99.8 Å². The molecule has 1 amide bonds. The van der Waals surface area contributed by atoms with E-state index in [0.717, 1.165) is 0 Å². The first-order chi connectivity index (χ1) is 22.1. The van der Waals surface area contributed by atoms with Gasteiger partial charge in [0.2, 0.25) is 0 Å². The van der Waals surface area contributed by atoms with E-state index >= 15 is 0 Å². The maximum absolute atomic E-state index is 13.2. The first-order valence-corrected chi connectivity index (χ1v) is 15.0. The highest BCUT2D eigenvalue weighted by atomic mass is 16.7. The molecule has 0 radical (unpaired) electrons. The molecule has 3 unspecified atom stereocenters. The molecular formula is C25H48N10O12. The van der Waals surface area contributed by atoms with Gasteiger partial charge in [0.15, 0.2) is 30.1 Å². The maximum atomic E-state index is 13.2. The van der Waals surface area contributed by atoms with E-state index in [1.807, 2.05) is 0 Å². The largest absolute Gasteiger partial charge is 0.394 e. The average Bonchev–Trinajstić information content (AvgIpc) is 3.67. The second kappa shape index (κ2) is 14.9. The Balaban J connectivity index is 1.63. The predicted molar refractivity (Wildman–Crippen MR) is 159 cm³/mol. The fraction of sp³-hybridized carbons (Fsp3) is 0.880. The van der Waals surface area contributed by atoms with Crippen LogP contribution in [0.4, 0.5) is 0 Å². The fourth-order valence-electron chi connectivity index (χ4n) is 6.17. The lowest BCUT2D eigenvalue weighted by atomic mass is 9.83. The minimum absolute atomic E-state index is 0.0839. The van der Waals surface area contributed by atoms with Crippen molar-refractivity contribution in [3.8, 4) is 0 Å². The SMILES string of the molecule is CO[C@H]1[C@@H](O[C@H]2[C@H](NC(=O)C3(O)CC3N=C(N)N)C[C@H](N)C(O[C@H]3O[C@H](CN)[C@@H](O)[C@H](O)[C@H]3N=C(N)N)[C@@H]2O)O[C@H](CO)[C@@H](O)[C@@H]1N. The number of rotatable bonds is 11. The van der Waals surface area contributed by atoms with Gasteiger partial charge in [-0.2, -0.15) is 0 Å². The van der Waals surface area contributed by atoms with Crippen molar-refractivity contribution in [2.24, 2.45) is 50.1 Å². The maximum Gasteiger partial charge on any atom is 0.254 e. The number of guanidine groups is 2. The van der Waals surface area contributed by atoms with Crippen LogP contribution in [0.5, 0.6) is 0 Å². The van der Waals surface area contributed by atoms with Crippen LogP contribution in [0.15, 0.2) is 9.98 Å². The van der Waals surface area contributed by atoms with Crippen molar-refractivity contribution in [2.45, 2.75) is 116 Å². The molecule has 0 aromatic carbocycles. The summed E-state index contributed by atoms with van der Waals surface area (Å²) in [7, 11) is 1.28. The van der Waals surface area contributed by atoms with Gasteiger partial charge in [-0.15, -0.1) is 0 Å². The van der Waals surface area contributed by atoms with Crippen LogP contribution in [0, 0.1) is 0 Å². The van der Waals surface area contributed by atoms with E-state index in [0.29, 0.717) is 0 Å². The lowest BCUT2D eigenvalue weighted by Crippen LogP contribution is -2.70. The molecule has 0 bridgehead atoms. The summed E-state index contributed by atoms with van der Waals surface area (Å²) in [5.74, 6) is -1.67. The zero-order valence-corrected chi connectivity index (χ0v) is 25.6. The van der Waals surface area contributed by atoms with Crippen molar-refractivity contribution in [3.63, 3.8) is 0 Å². The van der Waals surface area contributed by atoms with Crippen LogP contribution in [-0.2, 0) is 28.5 Å². The summed E-state index contributed by atoms with van der Waals surface area (Å²) >= 11 is 0. The predicted octanol–water partition coefficient (Wildman–Crippen LogP) is -9.42. The first kappa shape index (κ1) is 37.3. The van der Waals surface area contributed by atoms with Gasteiger partial charge in [-0.3, -0.25) is 4.79 Å². The summed E-state index contributed by atoms with van der Waals surface area (Å²) in [6.45, 7) is -0.874. The van der Waals surface area contributed by atoms with Gasteiger partial charge in [-0.25, -0.2) is 9.98 Å². The zero-order valence-electron chi connectivity index (χ0n) is 25.6. The number of amides is 1. The van der Waals surface area contributed by atoms with E-state index in [-0.39, 0.29) is 25.3 Å². The molecule has 4 aliphatic rings. The van der Waals surface area contributed by atoms with Crippen LogP contribution >= 0.6 is 0 Å². The molecular weight excluding hydrogens is 632 g/mol. The summed E-state index contributed by atoms with van der Waals surface area (Å²) in [5.41, 5.74) is 38.2. The van der Waals surface area contributed by atoms with Crippen molar-refractivity contribution in [1.29, 1.82) is 0 Å². The summed E-state index contributed by atoms with van der Waals surface area (Å²) < 4.78 is 29.1. The van der Waals surface area contributed by atoms with Gasteiger partial charge >= 0.3 is 0 Å². The van der Waals surface area contributed by atoms with Gasteiger partial charge in [0.1, 0.15) is 61.0 Å². The topological polar surface area (TPSA) is 403 Å². The Hall–Kier alpha value is -2.55. The van der Waals surface area contributed by atoms with E-state index in [1.54, 1.807) is 0 Å². The van der Waals surface area contributed by atoms with Crippen molar-refractivity contribution in [1.82, 2.24) is 5.32 Å². The Morgan fingerprint density at radius 2 is 1.51 bits per heavy atom. The highest BCUT2D eigenvalue weighted by molar-refractivity contribution is 5.90. The number of aliphatic hydroxyl groups is 6. The van der Waals surface area contributed by atoms with Gasteiger partial charge in [-0.1, -0.05) is 0 Å². The lowest BCUT2D eigenvalue weighted by molar-refractivity contribution is -0.321. The molecule has 17 atom stereocenters. The molecule has 2 aliphatic heterocycles. The molecule has 2 heterocycles. The number of hydrogen-bond acceptors (Lipinski definition) is 17. The number of carbonyl (C=O) groups excluding carboxylic acids is 1. The second-order valence-corrected chi connectivity index (χ2v) is 12.2. The Bertz CT molecular complexity index is 1150. The van der Waals surface area contributed by atoms with E-state index in [9.17, 15) is 35.4 Å². The van der Waals surface area contributed by atoms with Gasteiger partial charge in [0.05, 0.1) is 24.7 Å². The van der Waals surface area contributed by atoms with Crippen LogP contribution in [0.2, 0.25) is 0 Å². The van der Waals surface area contributed by atoms with Crippen LogP contribution in [0.1, 0.15) is 12.8 Å². The van der Waals surface area contributed by atoms with Crippen molar-refractivity contribution >= 4 is 17.8 Å². The Kier molecular flexibility index (Phi) is 11.8. The van der Waals surface area contributed by atoms with Gasteiger partial charge in [0, 0.05) is 26.1 Å². The van der Waals surface area contributed by atoms with Crippen LogP contribution in [0.25, 0.3) is 0 Å². The third-order valence-corrected chi connectivity index (χ3v) is 8.89. The Morgan fingerprint density at radius 1 is 0.894 bits per heavy atom. The van der Waals surface area contributed by atoms with Gasteiger partial charge in [0.25, 0.3) is 5.91 Å². The molecule has 4 rings (SSSR count). The highest BCUT2D eigenvalue weighted by Crippen LogP contribution is 2.40. The number of nitrogens with zero attached hydrogens (tertiary/aromatic N) is 2. The van der Waals surface area contributed by atoms with Crippen LogP contribution in [0.3, 0.4) is 0 Å². The minimum atomic E-state index is -1.96. The smallest absolute Gasteiger partial charge is 0.254 e. The summed E-state index contributed by atoms with van der Waals surface area (Å²) in [5, 5.41) is 66.6. The Morgan fingerprint density at radius 3 is 2.09 bits per heavy atom. The van der Waals surface area contributed by atoms with E-state index < -0.39 is 122 Å². The molecule has 2 saturated carbocycles. The van der Waals surface area contributed by atoms with E-state index in [4.69, 9.17) is 63.8 Å². The summed E-state index contributed by atoms with van der Waals surface area (Å²) in [6.07, 6.45) is -15.5. The highest BCUT2D eigenvalue weighted by Gasteiger charge is 2.61. The van der Waals surface area contributed by atoms with Crippen molar-refractivity contribution < 1.29 is 59.1 Å². The molecule has 270 valence electrons. The third-order valence-electron chi connectivity index (χ3n) is 8.89. The molecule has 22 nitrogen and oxygen atoms in total. The monoisotopic (exact) mass is 680 g/mol. The fourth-order valence-corrected chi connectivity index (χ4v) is 6.17. The normalized spacial score (nSPS) is 46.7. The molecule has 2 saturated heterocycles. The molecule has 0 aromatic rings. The average molecular weight is 681 g/mol. The summed E-state index contributed by atoms with van der Waals surface area (Å²) in [4.78, 5) is 21.0. The zero-order chi connectivity index (χ0) is 35.0. The number of aliphatic imine (C=N–C) groups is 2. The van der Waals surface area contributed by atoms with E-state index in [2.05, 4.69) is 15.3 Å². The number of carbonyl (C=O) groups is 1. The molecule has 2 aliphatic carbocycles. The quantitative estimate of drug-likeness (QED) is 0.0711. The molecule has 22 heteroatoms. The van der Waals surface area contributed by atoms with Crippen molar-refractivity contribution in [2.75, 3.05) is 20.3 Å². The number of nitrogens with two attached hydrogens (primary N) is 7. The molecule has 0 aromatic heterocycles. The number of nitrogens with one attached hydrogen (secondary N) is 1. The number of aliphatic hydroxyl groups excluding tert-OH is 5. The van der Waals surface area contributed by atoms with Crippen LogP contribution in [-0.4, -0.2) is 172 Å². The standard InChI is InChI=1S/C25H48N10O12/c1-43-19-11(28)13(37)9(5-36)45-21(19)47-18-7(33-22(41)25(42)3-10(25)34-23(29)30)2-6(27)17(16(18)40)46-20-12(35-24(31)32)15(39)14(38)8(4-26)44-20/h6-21,36-40,42H,2-5,26-28H2,1H3,(H,33,41)(H4,29,30,34)(H4,31,32,35)/t6-,7+,8+,9+,10?,11-,12+,13+,14+,15+,16-,17?,18-,19+,20+,21+,25?/m0/s1. The molecule has 21 N–H and O–H groups in total. The van der Waals surface area contributed by atoms with Crippen LogP contribution < -0.4 is 45.5 Å². The third kappa shape index (κ3) is 7.70. The first-order valence-electron chi connectivity index (χ1n) is 15.0. The number of hydrogen-bond donors (Lipinski definition) is 14. The molecule has 4 fully saturated rings. The number of ether oxygens (including phenoxy) is 5. The van der Waals surface area contributed by atoms with Gasteiger partial charge in [-0.05, 0) is 6.42 Å². The number of methoxy groups -OCH3 is 1. The molecule has 0 spiro atoms. The van der Waals surface area contributed by atoms with E-state index in [1.165, 1.54) is 7.11 Å². The summed E-state index contributed by atoms with van der Waals surface area (Å²) in [6, 6.07) is -5.60. The lowest BCUT2D eigenvalue weighted by Gasteiger charge is -2.49.